The van der Waals surface area contributed by atoms with E-state index in [1.807, 2.05) is 19.9 Å². The maximum atomic E-state index is 12.1. The molecule has 0 unspecified atom stereocenters. The first-order valence-corrected chi connectivity index (χ1v) is 11.2. The Morgan fingerprint density at radius 3 is 2.85 bits per heavy atom. The summed E-state index contributed by atoms with van der Waals surface area (Å²) in [5, 5.41) is 19.7. The minimum atomic E-state index is -0.539. The molecule has 2 aliphatic rings. The Balaban J connectivity index is 1.49. The molecule has 9 nitrogen and oxygen atoms in total. The van der Waals surface area contributed by atoms with Crippen LogP contribution in [0.5, 0.6) is 11.5 Å². The molecule has 0 aromatic heterocycles. The van der Waals surface area contributed by atoms with Crippen LogP contribution in [0.25, 0.3) is 0 Å². The summed E-state index contributed by atoms with van der Waals surface area (Å²) in [4.78, 5) is 26.1. The highest BCUT2D eigenvalue weighted by molar-refractivity contribution is 5.98. The maximum absolute atomic E-state index is 12.1. The van der Waals surface area contributed by atoms with Crippen LogP contribution in [-0.4, -0.2) is 79.7 Å². The van der Waals surface area contributed by atoms with Gasteiger partial charge in [-0.05, 0) is 32.3 Å². The van der Waals surface area contributed by atoms with E-state index in [2.05, 4.69) is 4.90 Å². The van der Waals surface area contributed by atoms with E-state index in [0.29, 0.717) is 44.7 Å². The molecule has 182 valence electrons. The van der Waals surface area contributed by atoms with Gasteiger partial charge in [-0.2, -0.15) is 0 Å². The number of rotatable bonds is 10. The molecule has 0 radical (unpaired) electrons. The number of benzene rings is 1. The van der Waals surface area contributed by atoms with Gasteiger partial charge in [0.05, 0.1) is 26.4 Å². The highest BCUT2D eigenvalue weighted by Gasteiger charge is 2.32. The van der Waals surface area contributed by atoms with Gasteiger partial charge in [-0.15, -0.1) is 0 Å². The zero-order valence-electron chi connectivity index (χ0n) is 19.5. The predicted octanol–water partition coefficient (Wildman–Crippen LogP) is 1.88. The van der Waals surface area contributed by atoms with Crippen molar-refractivity contribution in [3.05, 3.63) is 33.9 Å². The number of carbonyl (C=O) groups excluding carboxylic acids is 2. The van der Waals surface area contributed by atoms with Crippen molar-refractivity contribution in [1.82, 2.24) is 4.90 Å². The van der Waals surface area contributed by atoms with Gasteiger partial charge in [-0.1, -0.05) is 11.6 Å². The summed E-state index contributed by atoms with van der Waals surface area (Å²) in [6.07, 6.45) is 3.14. The second-order valence-electron chi connectivity index (χ2n) is 8.37. The molecular formula is C24H33NO8. The lowest BCUT2D eigenvalue weighted by atomic mass is 9.93. The van der Waals surface area contributed by atoms with E-state index in [9.17, 15) is 19.8 Å². The molecule has 1 fully saturated rings. The number of esters is 2. The molecule has 1 saturated heterocycles. The number of hydrogen-bond acceptors (Lipinski definition) is 9. The summed E-state index contributed by atoms with van der Waals surface area (Å²) in [6, 6.07) is 0. The Hall–Kier alpha value is -2.62. The molecule has 2 aliphatic heterocycles. The zero-order chi connectivity index (χ0) is 24.0. The molecule has 9 heteroatoms. The number of ether oxygens (including phenoxy) is 4. The molecule has 2 N–H and O–H groups in total. The monoisotopic (exact) mass is 463 g/mol. The number of carbonyl (C=O) groups is 2. The lowest BCUT2D eigenvalue weighted by molar-refractivity contribution is -0.144. The number of fused-ring (bicyclic) bond motifs is 1. The first kappa shape index (κ1) is 25.0. The number of cyclic esters (lactones) is 1. The molecule has 3 rings (SSSR count). The molecular weight excluding hydrogens is 430 g/mol. The summed E-state index contributed by atoms with van der Waals surface area (Å²) < 4.78 is 21.2. The Bertz CT molecular complexity index is 910. The standard InChI is InChI=1S/C24H33NO8/c1-15(5-7-20(27)32-11-9-25-8-10-31-17(12-25)13-26)4-6-18-16(2)19-14-33-24(29)21(19)22(28)23(18)30-3/h4,17,26,28H,5-14H2,1-3H3/b15-4+/t17-/m0/s1. The third kappa shape index (κ3) is 6.04. The van der Waals surface area contributed by atoms with Gasteiger partial charge in [0, 0.05) is 37.2 Å². The van der Waals surface area contributed by atoms with Crippen LogP contribution in [0.15, 0.2) is 11.6 Å². The van der Waals surface area contributed by atoms with Crippen molar-refractivity contribution in [1.29, 1.82) is 0 Å². The largest absolute Gasteiger partial charge is 0.504 e. The molecule has 1 atom stereocenters. The summed E-state index contributed by atoms with van der Waals surface area (Å²) in [5.74, 6) is -0.701. The fourth-order valence-electron chi connectivity index (χ4n) is 4.15. The van der Waals surface area contributed by atoms with Crippen LogP contribution in [0.2, 0.25) is 0 Å². The van der Waals surface area contributed by atoms with Crippen molar-refractivity contribution < 1.29 is 38.7 Å². The number of methoxy groups -OCH3 is 1. The highest BCUT2D eigenvalue weighted by atomic mass is 16.5. The van der Waals surface area contributed by atoms with E-state index in [-0.39, 0.29) is 48.8 Å². The number of hydrogen-bond donors (Lipinski definition) is 2. The molecule has 1 aromatic rings. The van der Waals surface area contributed by atoms with Crippen molar-refractivity contribution >= 4 is 11.9 Å². The topological polar surface area (TPSA) is 115 Å². The third-order valence-electron chi connectivity index (χ3n) is 6.16. The Morgan fingerprint density at radius 1 is 1.33 bits per heavy atom. The Labute approximate surface area is 193 Å². The Morgan fingerprint density at radius 2 is 2.12 bits per heavy atom. The number of morpholine rings is 1. The van der Waals surface area contributed by atoms with Gasteiger partial charge < -0.3 is 29.2 Å². The second-order valence-corrected chi connectivity index (χ2v) is 8.37. The summed E-state index contributed by atoms with van der Waals surface area (Å²) in [7, 11) is 1.46. The van der Waals surface area contributed by atoms with Gasteiger partial charge in [-0.3, -0.25) is 9.69 Å². The molecule has 33 heavy (non-hydrogen) atoms. The number of nitrogens with zero attached hydrogens (tertiary/aromatic N) is 1. The van der Waals surface area contributed by atoms with E-state index in [1.165, 1.54) is 7.11 Å². The average Bonchev–Trinajstić information content (AvgIpc) is 3.21. The van der Waals surface area contributed by atoms with Gasteiger partial charge in [0.15, 0.2) is 11.5 Å². The summed E-state index contributed by atoms with van der Waals surface area (Å²) >= 11 is 0. The highest BCUT2D eigenvalue weighted by Crippen LogP contribution is 2.42. The quantitative estimate of drug-likeness (QED) is 0.396. The van der Waals surface area contributed by atoms with Gasteiger partial charge in [0.25, 0.3) is 0 Å². The first-order chi connectivity index (χ1) is 15.8. The molecule has 0 spiro atoms. The van der Waals surface area contributed by atoms with Crippen LogP contribution >= 0.6 is 0 Å². The molecule has 0 amide bonds. The van der Waals surface area contributed by atoms with Crippen LogP contribution < -0.4 is 4.74 Å². The van der Waals surface area contributed by atoms with E-state index >= 15 is 0 Å². The van der Waals surface area contributed by atoms with E-state index in [4.69, 9.17) is 18.9 Å². The van der Waals surface area contributed by atoms with Crippen LogP contribution in [0.4, 0.5) is 0 Å². The molecule has 0 aliphatic carbocycles. The smallest absolute Gasteiger partial charge is 0.342 e. The number of aliphatic hydroxyl groups excluding tert-OH is 1. The van der Waals surface area contributed by atoms with Crippen molar-refractivity contribution in [3.8, 4) is 11.5 Å². The van der Waals surface area contributed by atoms with Crippen molar-refractivity contribution in [2.45, 2.75) is 45.8 Å². The minimum absolute atomic E-state index is 0.00965. The predicted molar refractivity (Wildman–Crippen MR) is 119 cm³/mol. The van der Waals surface area contributed by atoms with Gasteiger partial charge in [0.1, 0.15) is 18.8 Å². The van der Waals surface area contributed by atoms with Crippen LogP contribution in [0.3, 0.4) is 0 Å². The van der Waals surface area contributed by atoms with E-state index < -0.39 is 5.97 Å². The fourth-order valence-corrected chi connectivity index (χ4v) is 4.15. The second kappa shape index (κ2) is 11.5. The SMILES string of the molecule is COc1c(O)c2c(c(C)c1C/C=C(\C)CCC(=O)OCCN1CCO[C@H](CO)C1)COC2=O. The lowest BCUT2D eigenvalue weighted by Gasteiger charge is -2.31. The Kier molecular flexibility index (Phi) is 8.71. The van der Waals surface area contributed by atoms with Crippen molar-refractivity contribution in [3.63, 3.8) is 0 Å². The van der Waals surface area contributed by atoms with Crippen molar-refractivity contribution in [2.75, 3.05) is 46.6 Å². The number of aliphatic hydroxyl groups is 1. The number of phenols is 1. The summed E-state index contributed by atoms with van der Waals surface area (Å²) in [5.41, 5.74) is 3.54. The first-order valence-electron chi connectivity index (χ1n) is 11.2. The fraction of sp³-hybridized carbons (Fsp3) is 0.583. The number of phenolic OH excluding ortho intramolecular Hbond substituents is 1. The molecule has 1 aromatic carbocycles. The number of aromatic hydroxyl groups is 1. The molecule has 0 bridgehead atoms. The molecule has 0 saturated carbocycles. The van der Waals surface area contributed by atoms with Crippen LogP contribution in [0.1, 0.15) is 46.8 Å². The van der Waals surface area contributed by atoms with E-state index in [0.717, 1.165) is 23.2 Å². The van der Waals surface area contributed by atoms with Crippen LogP contribution in [0, 0.1) is 6.92 Å². The maximum Gasteiger partial charge on any atom is 0.342 e. The van der Waals surface area contributed by atoms with Crippen LogP contribution in [-0.2, 0) is 32.0 Å². The van der Waals surface area contributed by atoms with Gasteiger partial charge >= 0.3 is 11.9 Å². The molecule has 2 heterocycles. The minimum Gasteiger partial charge on any atom is -0.504 e. The van der Waals surface area contributed by atoms with E-state index in [1.54, 1.807) is 0 Å². The number of allylic oxidation sites excluding steroid dienone is 2. The van der Waals surface area contributed by atoms with Gasteiger partial charge in [-0.25, -0.2) is 4.79 Å². The lowest BCUT2D eigenvalue weighted by Crippen LogP contribution is -2.45. The summed E-state index contributed by atoms with van der Waals surface area (Å²) in [6.45, 7) is 6.86. The average molecular weight is 464 g/mol. The zero-order valence-corrected chi connectivity index (χ0v) is 19.5. The third-order valence-corrected chi connectivity index (χ3v) is 6.16. The van der Waals surface area contributed by atoms with Crippen molar-refractivity contribution in [2.24, 2.45) is 0 Å². The van der Waals surface area contributed by atoms with Gasteiger partial charge in [0.2, 0.25) is 0 Å². The normalized spacial score (nSPS) is 18.7.